The van der Waals surface area contributed by atoms with Crippen molar-refractivity contribution in [2.45, 2.75) is 39.0 Å². The Morgan fingerprint density at radius 3 is 2.38 bits per heavy atom. The summed E-state index contributed by atoms with van der Waals surface area (Å²) in [5.41, 5.74) is 1.05. The highest BCUT2D eigenvalue weighted by atomic mass is 19.1. The van der Waals surface area contributed by atoms with Crippen LogP contribution >= 0.6 is 0 Å². The average Bonchev–Trinajstić information content (AvgIpc) is 2.94. The second kappa shape index (κ2) is 8.03. The van der Waals surface area contributed by atoms with Crippen molar-refractivity contribution < 1.29 is 28.6 Å². The minimum atomic E-state index is -1.06. The van der Waals surface area contributed by atoms with Crippen molar-refractivity contribution in [1.82, 2.24) is 4.57 Å². The Kier molecular flexibility index (Phi) is 5.68. The predicted molar refractivity (Wildman–Crippen MR) is 104 cm³/mol. The first-order chi connectivity index (χ1) is 13.8. The van der Waals surface area contributed by atoms with Crippen molar-refractivity contribution >= 4 is 22.8 Å². The molecule has 0 bridgehead atoms. The lowest BCUT2D eigenvalue weighted by Gasteiger charge is -2.13. The minimum absolute atomic E-state index is 0.157. The zero-order chi connectivity index (χ0) is 21.3. The minimum Gasteiger partial charge on any atom is -0.505 e. The molecule has 2 N–H and O–H groups in total. The molecule has 0 spiro atoms. The van der Waals surface area contributed by atoms with Gasteiger partial charge in [0.25, 0.3) is 5.91 Å². The van der Waals surface area contributed by atoms with E-state index in [0.29, 0.717) is 29.5 Å². The first-order valence-corrected chi connectivity index (χ1v) is 9.32. The van der Waals surface area contributed by atoms with Crippen molar-refractivity contribution in [3.8, 4) is 5.75 Å². The third-order valence-corrected chi connectivity index (χ3v) is 5.11. The van der Waals surface area contributed by atoms with Gasteiger partial charge >= 0.3 is 5.97 Å². The number of carbonyl (C=O) groups is 2. The number of nitrogens with zero attached hydrogens (tertiary/aromatic N) is 1. The van der Waals surface area contributed by atoms with E-state index in [9.17, 15) is 28.6 Å². The standard InChI is InChI=1S/C22H21F2NO4/c1-3-4-5-15(22(28)29)20-12(2)25(18-11-17(24)19(26)10-16(18)20)21(27)13-6-8-14(23)9-7-13/h6-11,15,26H,3-5H2,1-2H3,(H,28,29). The van der Waals surface area contributed by atoms with E-state index in [1.54, 1.807) is 6.92 Å². The van der Waals surface area contributed by atoms with Crippen LogP contribution in [-0.2, 0) is 4.79 Å². The molecule has 29 heavy (non-hydrogen) atoms. The lowest BCUT2D eigenvalue weighted by atomic mass is 9.91. The maximum Gasteiger partial charge on any atom is 0.311 e. The number of aromatic hydroxyl groups is 1. The Morgan fingerprint density at radius 1 is 1.14 bits per heavy atom. The fraction of sp³-hybridized carbons (Fsp3) is 0.273. The molecule has 0 radical (unpaired) electrons. The number of aliphatic carboxylic acids is 1. The number of aromatic nitrogens is 1. The number of phenols is 1. The lowest BCUT2D eigenvalue weighted by molar-refractivity contribution is -0.139. The Balaban J connectivity index is 2.29. The highest BCUT2D eigenvalue weighted by molar-refractivity contribution is 6.05. The Hall–Kier alpha value is -3.22. The van der Waals surface area contributed by atoms with E-state index in [1.165, 1.54) is 16.7 Å². The van der Waals surface area contributed by atoms with Gasteiger partial charge in [0.1, 0.15) is 5.82 Å². The predicted octanol–water partition coefficient (Wildman–Crippen LogP) is 4.98. The van der Waals surface area contributed by atoms with Crippen LogP contribution < -0.4 is 0 Å². The van der Waals surface area contributed by atoms with Gasteiger partial charge in [-0.3, -0.25) is 14.2 Å². The van der Waals surface area contributed by atoms with Gasteiger partial charge in [-0.15, -0.1) is 0 Å². The van der Waals surface area contributed by atoms with Crippen LogP contribution in [0.1, 0.15) is 53.7 Å². The lowest BCUT2D eigenvalue weighted by Crippen LogP contribution is -2.16. The molecule has 3 aromatic rings. The Bertz CT molecular complexity index is 1090. The fourth-order valence-corrected chi connectivity index (χ4v) is 3.67. The summed E-state index contributed by atoms with van der Waals surface area (Å²) in [6.45, 7) is 3.53. The number of unbranched alkanes of at least 4 members (excludes halogenated alkanes) is 1. The molecule has 0 aliphatic heterocycles. The second-order valence-corrected chi connectivity index (χ2v) is 7.00. The summed E-state index contributed by atoms with van der Waals surface area (Å²) in [5.74, 6) is -4.55. The Morgan fingerprint density at radius 2 is 1.79 bits per heavy atom. The largest absolute Gasteiger partial charge is 0.505 e. The molecule has 152 valence electrons. The smallest absolute Gasteiger partial charge is 0.311 e. The molecule has 1 aromatic heterocycles. The summed E-state index contributed by atoms with van der Waals surface area (Å²) < 4.78 is 28.6. The average molecular weight is 401 g/mol. The molecule has 3 rings (SSSR count). The number of rotatable bonds is 6. The third-order valence-electron chi connectivity index (χ3n) is 5.11. The normalized spacial score (nSPS) is 12.3. The molecule has 1 heterocycles. The second-order valence-electron chi connectivity index (χ2n) is 7.00. The molecule has 5 nitrogen and oxygen atoms in total. The highest BCUT2D eigenvalue weighted by Gasteiger charge is 2.29. The third kappa shape index (κ3) is 3.72. The van der Waals surface area contributed by atoms with E-state index in [2.05, 4.69) is 0 Å². The van der Waals surface area contributed by atoms with Crippen LogP contribution in [0.3, 0.4) is 0 Å². The van der Waals surface area contributed by atoms with Gasteiger partial charge in [-0.25, -0.2) is 8.78 Å². The number of carboxylic acids is 1. The van der Waals surface area contributed by atoms with Crippen LogP contribution in [0.5, 0.6) is 5.75 Å². The zero-order valence-electron chi connectivity index (χ0n) is 16.1. The first-order valence-electron chi connectivity index (χ1n) is 9.32. The summed E-state index contributed by atoms with van der Waals surface area (Å²) in [5, 5.41) is 20.0. The van der Waals surface area contributed by atoms with E-state index >= 15 is 0 Å². The highest BCUT2D eigenvalue weighted by Crippen LogP contribution is 2.37. The van der Waals surface area contributed by atoms with Crippen molar-refractivity contribution in [2.24, 2.45) is 0 Å². The summed E-state index contributed by atoms with van der Waals surface area (Å²) >= 11 is 0. The van der Waals surface area contributed by atoms with E-state index in [4.69, 9.17) is 0 Å². The monoisotopic (exact) mass is 401 g/mol. The SMILES string of the molecule is CCCCC(C(=O)O)c1c(C)n(C(=O)c2ccc(F)cc2)c2cc(F)c(O)cc12. The quantitative estimate of drug-likeness (QED) is 0.611. The maximum absolute atomic E-state index is 14.1. The molecule has 7 heteroatoms. The fourth-order valence-electron chi connectivity index (χ4n) is 3.67. The molecule has 1 unspecified atom stereocenters. The summed E-state index contributed by atoms with van der Waals surface area (Å²) in [7, 11) is 0. The Labute approximate surface area is 166 Å². The number of fused-ring (bicyclic) bond motifs is 1. The van der Waals surface area contributed by atoms with Crippen LogP contribution in [-0.4, -0.2) is 26.7 Å². The van der Waals surface area contributed by atoms with E-state index in [-0.39, 0.29) is 11.1 Å². The van der Waals surface area contributed by atoms with Gasteiger partial charge in [-0.05, 0) is 49.2 Å². The molecular weight excluding hydrogens is 380 g/mol. The van der Waals surface area contributed by atoms with E-state index < -0.39 is 35.2 Å². The number of halogens is 2. The molecular formula is C22H21F2NO4. The molecule has 0 saturated carbocycles. The van der Waals surface area contributed by atoms with Gasteiger partial charge in [-0.2, -0.15) is 0 Å². The molecule has 0 amide bonds. The van der Waals surface area contributed by atoms with Gasteiger partial charge in [0, 0.05) is 22.7 Å². The summed E-state index contributed by atoms with van der Waals surface area (Å²) in [6, 6.07) is 7.08. The van der Waals surface area contributed by atoms with E-state index in [0.717, 1.165) is 30.7 Å². The summed E-state index contributed by atoms with van der Waals surface area (Å²) in [6.07, 6.45) is 1.78. The molecule has 1 atom stereocenters. The molecule has 0 aliphatic carbocycles. The molecule has 0 saturated heterocycles. The van der Waals surface area contributed by atoms with Crippen molar-refractivity contribution in [3.63, 3.8) is 0 Å². The molecule has 2 aromatic carbocycles. The topological polar surface area (TPSA) is 79.5 Å². The van der Waals surface area contributed by atoms with Gasteiger partial charge in [-0.1, -0.05) is 19.8 Å². The number of carboxylic acid groups (broad SMARTS) is 1. The van der Waals surface area contributed by atoms with Crippen molar-refractivity contribution in [3.05, 3.63) is 64.9 Å². The van der Waals surface area contributed by atoms with Crippen LogP contribution in [0, 0.1) is 18.6 Å². The number of carbonyl (C=O) groups excluding carboxylic acids is 1. The van der Waals surface area contributed by atoms with Gasteiger partial charge in [0.05, 0.1) is 11.4 Å². The van der Waals surface area contributed by atoms with Crippen LogP contribution in [0.4, 0.5) is 8.78 Å². The molecule has 0 fully saturated rings. The van der Waals surface area contributed by atoms with Gasteiger partial charge in [0.2, 0.25) is 0 Å². The van der Waals surface area contributed by atoms with Crippen molar-refractivity contribution in [1.29, 1.82) is 0 Å². The number of phenolic OH excluding ortho intramolecular Hbond substituents is 1. The number of benzene rings is 2. The molecule has 0 aliphatic rings. The van der Waals surface area contributed by atoms with Crippen molar-refractivity contribution in [2.75, 3.05) is 0 Å². The summed E-state index contributed by atoms with van der Waals surface area (Å²) in [4.78, 5) is 25.1. The van der Waals surface area contributed by atoms with Gasteiger partial charge < -0.3 is 10.2 Å². The maximum atomic E-state index is 14.1. The number of hydrogen-bond acceptors (Lipinski definition) is 3. The number of hydrogen-bond donors (Lipinski definition) is 2. The van der Waals surface area contributed by atoms with Crippen LogP contribution in [0.2, 0.25) is 0 Å². The zero-order valence-corrected chi connectivity index (χ0v) is 16.1. The first kappa shape index (κ1) is 20.5. The van der Waals surface area contributed by atoms with Crippen LogP contribution in [0.15, 0.2) is 36.4 Å². The van der Waals surface area contributed by atoms with Gasteiger partial charge in [0.15, 0.2) is 11.6 Å². The van der Waals surface area contributed by atoms with E-state index in [1.807, 2.05) is 6.92 Å². The van der Waals surface area contributed by atoms with Crippen LogP contribution in [0.25, 0.3) is 10.9 Å².